The molecule has 0 aromatic heterocycles. The van der Waals surface area contributed by atoms with E-state index < -0.39 is 28.8 Å². The number of fused-ring (bicyclic) bond motifs is 1. The molecule has 0 saturated carbocycles. The quantitative estimate of drug-likeness (QED) is 0.295. The molecule has 3 aromatic rings. The van der Waals surface area contributed by atoms with Gasteiger partial charge in [-0.25, -0.2) is 9.38 Å². The van der Waals surface area contributed by atoms with Gasteiger partial charge in [-0.15, -0.1) is 0 Å². The minimum atomic E-state index is -4.78. The molecule has 0 radical (unpaired) electrons. The van der Waals surface area contributed by atoms with Gasteiger partial charge in [0.05, 0.1) is 24.3 Å². The van der Waals surface area contributed by atoms with Crippen LogP contribution in [-0.4, -0.2) is 12.1 Å². The fraction of sp³-hybridized carbons (Fsp3) is 0.154. The summed E-state index contributed by atoms with van der Waals surface area (Å²) < 4.78 is 61.1. The fourth-order valence-corrected chi connectivity index (χ4v) is 3.75. The van der Waals surface area contributed by atoms with Crippen molar-refractivity contribution >= 4 is 23.5 Å². The van der Waals surface area contributed by atoms with Crippen LogP contribution in [0.1, 0.15) is 39.5 Å². The molecule has 0 spiro atoms. The van der Waals surface area contributed by atoms with E-state index in [9.17, 15) is 22.4 Å². The Bertz CT molecular complexity index is 1330. The van der Waals surface area contributed by atoms with E-state index in [4.69, 9.17) is 4.74 Å². The van der Waals surface area contributed by atoms with Gasteiger partial charge in [-0.1, -0.05) is 30.8 Å². The summed E-state index contributed by atoms with van der Waals surface area (Å²) in [7, 11) is 0. The molecule has 0 amide bonds. The number of alkyl halides is 3. The van der Waals surface area contributed by atoms with Crippen LogP contribution in [0.4, 0.5) is 23.2 Å². The molecule has 34 heavy (non-hydrogen) atoms. The van der Waals surface area contributed by atoms with Crippen molar-refractivity contribution in [3.8, 4) is 11.5 Å². The van der Waals surface area contributed by atoms with Gasteiger partial charge in [-0.3, -0.25) is 4.79 Å². The van der Waals surface area contributed by atoms with Gasteiger partial charge in [0.25, 0.3) is 0 Å². The number of carbonyl (C=O) groups excluding carboxylic acids is 1. The third kappa shape index (κ3) is 4.57. The van der Waals surface area contributed by atoms with Gasteiger partial charge in [0.2, 0.25) is 0 Å². The molecule has 4 nitrogen and oxygen atoms in total. The van der Waals surface area contributed by atoms with Crippen LogP contribution in [0.5, 0.6) is 11.5 Å². The highest BCUT2D eigenvalue weighted by Gasteiger charge is 2.38. The number of halogens is 4. The number of Topliss-reactive ketones (excluding diaryl/α,β-unsaturated/α-hetero) is 1. The fourth-order valence-electron chi connectivity index (χ4n) is 3.75. The highest BCUT2D eigenvalue weighted by atomic mass is 19.4. The van der Waals surface area contributed by atoms with Gasteiger partial charge < -0.3 is 9.64 Å². The van der Waals surface area contributed by atoms with E-state index in [0.29, 0.717) is 22.5 Å². The van der Waals surface area contributed by atoms with Gasteiger partial charge in [0, 0.05) is 16.7 Å². The molecule has 0 N–H and O–H groups in total. The van der Waals surface area contributed by atoms with Crippen molar-refractivity contribution in [2.75, 3.05) is 4.90 Å². The second-order valence-corrected chi connectivity index (χ2v) is 7.93. The van der Waals surface area contributed by atoms with Crippen molar-refractivity contribution in [2.24, 2.45) is 4.99 Å². The number of carbonyl (C=O) groups is 1. The zero-order valence-electron chi connectivity index (χ0n) is 18.4. The van der Waals surface area contributed by atoms with Crippen LogP contribution in [0.25, 0.3) is 5.70 Å². The van der Waals surface area contributed by atoms with Crippen LogP contribution in [0, 0.1) is 12.7 Å². The molecular formula is C26H20F4N2O2. The Morgan fingerprint density at radius 3 is 2.56 bits per heavy atom. The topological polar surface area (TPSA) is 41.9 Å². The number of benzene rings is 3. The smallest absolute Gasteiger partial charge is 0.420 e. The molecule has 4 rings (SSSR count). The number of aryl methyl sites for hydroxylation is 1. The molecule has 0 aliphatic carbocycles. The summed E-state index contributed by atoms with van der Waals surface area (Å²) in [5.74, 6) is -1.43. The molecule has 3 aromatic carbocycles. The number of hydrogen-bond donors (Lipinski definition) is 0. The summed E-state index contributed by atoms with van der Waals surface area (Å²) in [4.78, 5) is 17.7. The van der Waals surface area contributed by atoms with Crippen LogP contribution in [0.2, 0.25) is 0 Å². The summed E-state index contributed by atoms with van der Waals surface area (Å²) in [5.41, 5.74) is 1.24. The van der Waals surface area contributed by atoms with Crippen molar-refractivity contribution in [2.45, 2.75) is 26.6 Å². The van der Waals surface area contributed by atoms with Crippen molar-refractivity contribution in [1.82, 2.24) is 0 Å². The average Bonchev–Trinajstić information content (AvgIpc) is 2.76. The SMILES string of the molecule is C=C1N=CN(Cc2ccc(C)cc2F)c2ccc(Oc3cccc(C(C)=O)c3C(F)(F)F)cc21. The van der Waals surface area contributed by atoms with E-state index in [1.807, 2.05) is 6.07 Å². The predicted octanol–water partition coefficient (Wildman–Crippen LogP) is 7.17. The minimum absolute atomic E-state index is 0.115. The molecule has 8 heteroatoms. The molecule has 0 saturated heterocycles. The lowest BCUT2D eigenvalue weighted by atomic mass is 10.0. The molecule has 1 heterocycles. The number of aliphatic imine (C=N–C) groups is 1. The van der Waals surface area contributed by atoms with E-state index in [1.165, 1.54) is 30.6 Å². The van der Waals surface area contributed by atoms with Gasteiger partial charge in [-0.05, 0) is 49.7 Å². The first kappa shape index (κ1) is 23.2. The Labute approximate surface area is 193 Å². The van der Waals surface area contributed by atoms with Crippen molar-refractivity contribution < 1.29 is 27.1 Å². The molecule has 1 aliphatic heterocycles. The second-order valence-electron chi connectivity index (χ2n) is 7.93. The summed E-state index contributed by atoms with van der Waals surface area (Å²) >= 11 is 0. The largest absolute Gasteiger partial charge is 0.457 e. The number of nitrogens with zero attached hydrogens (tertiary/aromatic N) is 2. The molecule has 0 bridgehead atoms. The zero-order chi connectivity index (χ0) is 24.6. The normalized spacial score (nSPS) is 13.1. The van der Waals surface area contributed by atoms with Crippen LogP contribution in [-0.2, 0) is 12.7 Å². The number of ether oxygens (including phenoxy) is 1. The maximum atomic E-state index is 14.4. The Kier molecular flexibility index (Phi) is 6.00. The molecule has 0 unspecified atom stereocenters. The Hall–Kier alpha value is -3.94. The molecular weight excluding hydrogens is 448 g/mol. The first-order valence-electron chi connectivity index (χ1n) is 10.3. The van der Waals surface area contributed by atoms with E-state index in [2.05, 4.69) is 11.6 Å². The third-order valence-electron chi connectivity index (χ3n) is 5.41. The highest BCUT2D eigenvalue weighted by Crippen LogP contribution is 2.42. The lowest BCUT2D eigenvalue weighted by Crippen LogP contribution is -2.24. The monoisotopic (exact) mass is 468 g/mol. The van der Waals surface area contributed by atoms with Crippen LogP contribution < -0.4 is 9.64 Å². The first-order chi connectivity index (χ1) is 16.0. The average molecular weight is 468 g/mol. The minimum Gasteiger partial charge on any atom is -0.457 e. The summed E-state index contributed by atoms with van der Waals surface area (Å²) in [6, 6.07) is 13.2. The van der Waals surface area contributed by atoms with E-state index in [0.717, 1.165) is 24.6 Å². The van der Waals surface area contributed by atoms with E-state index >= 15 is 0 Å². The summed E-state index contributed by atoms with van der Waals surface area (Å²) in [5, 5.41) is 0. The van der Waals surface area contributed by atoms with E-state index in [-0.39, 0.29) is 18.1 Å². The van der Waals surface area contributed by atoms with Gasteiger partial charge in [0.15, 0.2) is 5.78 Å². The van der Waals surface area contributed by atoms with Crippen LogP contribution in [0.3, 0.4) is 0 Å². The van der Waals surface area contributed by atoms with Crippen LogP contribution >= 0.6 is 0 Å². The Morgan fingerprint density at radius 1 is 1.12 bits per heavy atom. The van der Waals surface area contributed by atoms with Crippen molar-refractivity contribution in [3.63, 3.8) is 0 Å². The van der Waals surface area contributed by atoms with Crippen molar-refractivity contribution in [3.05, 3.63) is 94.8 Å². The molecule has 1 aliphatic rings. The number of rotatable bonds is 5. The lowest BCUT2D eigenvalue weighted by molar-refractivity contribution is -0.138. The Morgan fingerprint density at radius 2 is 1.88 bits per heavy atom. The maximum Gasteiger partial charge on any atom is 0.420 e. The second kappa shape index (κ2) is 8.78. The lowest BCUT2D eigenvalue weighted by Gasteiger charge is -2.27. The third-order valence-corrected chi connectivity index (χ3v) is 5.41. The van der Waals surface area contributed by atoms with Crippen LogP contribution in [0.15, 0.2) is 66.2 Å². The first-order valence-corrected chi connectivity index (χ1v) is 10.3. The Balaban J connectivity index is 1.68. The van der Waals surface area contributed by atoms with Gasteiger partial charge in [-0.2, -0.15) is 13.2 Å². The highest BCUT2D eigenvalue weighted by molar-refractivity contribution is 5.96. The van der Waals surface area contributed by atoms with Gasteiger partial charge >= 0.3 is 6.18 Å². The summed E-state index contributed by atoms with van der Waals surface area (Å²) in [6.07, 6.45) is -3.25. The molecule has 0 fully saturated rings. The number of hydrogen-bond acceptors (Lipinski definition) is 4. The summed E-state index contributed by atoms with van der Waals surface area (Å²) in [6.45, 7) is 6.96. The van der Waals surface area contributed by atoms with Crippen molar-refractivity contribution in [1.29, 1.82) is 0 Å². The predicted molar refractivity (Wildman–Crippen MR) is 123 cm³/mol. The number of ketones is 1. The van der Waals surface area contributed by atoms with Gasteiger partial charge in [0.1, 0.15) is 22.9 Å². The van der Waals surface area contributed by atoms with E-state index in [1.54, 1.807) is 24.0 Å². The molecule has 174 valence electrons. The maximum absolute atomic E-state index is 14.4. The number of anilines is 1. The molecule has 0 atom stereocenters. The standard InChI is InChI=1S/C26H20F4N2O2/c1-15-7-8-18(22(27)11-15)13-32-14-31-16(2)21-12-19(9-10-23(21)32)34-24-6-4-5-20(17(3)33)25(24)26(28,29)30/h4-12,14H,2,13H2,1,3H3. The zero-order valence-corrected chi connectivity index (χ0v) is 18.4.